The highest BCUT2D eigenvalue weighted by atomic mass is 16.6. The molecule has 1 N–H and O–H groups in total. The first kappa shape index (κ1) is 26.9. The maximum Gasteiger partial charge on any atom is 0.312 e. The van der Waals surface area contributed by atoms with E-state index in [0.29, 0.717) is 26.2 Å². The molecule has 1 unspecified atom stereocenters. The van der Waals surface area contributed by atoms with Crippen molar-refractivity contribution in [3.05, 3.63) is 24.3 Å². The highest BCUT2D eigenvalue weighted by Gasteiger charge is 2.71. The minimum Gasteiger partial charge on any atom is -0.465 e. The summed E-state index contributed by atoms with van der Waals surface area (Å²) >= 11 is 0. The molecule has 0 aromatic carbocycles. The van der Waals surface area contributed by atoms with Crippen molar-refractivity contribution in [2.24, 2.45) is 11.8 Å². The predicted octanol–water partition coefficient (Wildman–Crippen LogP) is 2.99. The molecule has 0 bridgehead atoms. The average molecular weight is 503 g/mol. The van der Waals surface area contributed by atoms with Gasteiger partial charge in [0.05, 0.1) is 18.6 Å². The number of aliphatic hydroxyl groups excluding tert-OH is 1. The lowest BCUT2D eigenvalue weighted by molar-refractivity contribution is -0.155. The number of fused-ring (bicyclic) bond motifs is 2. The molecule has 0 aliphatic carbocycles. The SMILES string of the molecule is CCCCCN1CC=C[C@]23O[C@@H]4/C=C\CCCCOC(=O)[C@@H]4[C@H]2C(=O)N(CCCCCCO)C3C1=O. The molecule has 4 heterocycles. The van der Waals surface area contributed by atoms with E-state index in [4.69, 9.17) is 14.6 Å². The number of allylic oxidation sites excluding steroid dienone is 1. The molecule has 0 aromatic heterocycles. The van der Waals surface area contributed by atoms with Crippen LogP contribution in [0, 0.1) is 11.8 Å². The topological polar surface area (TPSA) is 96.4 Å². The second-order valence-corrected chi connectivity index (χ2v) is 10.5. The molecule has 0 aromatic rings. The molecular formula is C28H42N2O6. The van der Waals surface area contributed by atoms with Crippen molar-refractivity contribution in [2.45, 2.75) is 88.9 Å². The Labute approximate surface area is 214 Å². The summed E-state index contributed by atoms with van der Waals surface area (Å²) in [6, 6.07) is -0.785. The number of hydrogen-bond acceptors (Lipinski definition) is 6. The number of ether oxygens (including phenoxy) is 2. The number of carbonyl (C=O) groups excluding carboxylic acids is 3. The smallest absolute Gasteiger partial charge is 0.312 e. The molecule has 4 aliphatic rings. The molecule has 0 radical (unpaired) electrons. The van der Waals surface area contributed by atoms with E-state index in [1.54, 1.807) is 4.90 Å². The minimum atomic E-state index is -1.18. The molecule has 8 nitrogen and oxygen atoms in total. The van der Waals surface area contributed by atoms with Gasteiger partial charge in [0.25, 0.3) is 0 Å². The van der Waals surface area contributed by atoms with Crippen LogP contribution in [-0.4, -0.2) is 83.3 Å². The molecule has 1 spiro atoms. The normalized spacial score (nSPS) is 33.1. The molecule has 36 heavy (non-hydrogen) atoms. The summed E-state index contributed by atoms with van der Waals surface area (Å²) in [5.41, 5.74) is -1.18. The summed E-state index contributed by atoms with van der Waals surface area (Å²) in [5.74, 6) is -2.24. The van der Waals surface area contributed by atoms with Crippen LogP contribution in [0.15, 0.2) is 24.3 Å². The van der Waals surface area contributed by atoms with Crippen LogP contribution in [0.4, 0.5) is 0 Å². The Kier molecular flexibility index (Phi) is 9.23. The number of nitrogens with zero attached hydrogens (tertiary/aromatic N) is 2. The van der Waals surface area contributed by atoms with Crippen molar-refractivity contribution < 1.29 is 29.0 Å². The van der Waals surface area contributed by atoms with Crippen LogP contribution in [0.1, 0.15) is 71.1 Å². The van der Waals surface area contributed by atoms with Gasteiger partial charge >= 0.3 is 5.97 Å². The number of likely N-dealkylation sites (tertiary alicyclic amines) is 1. The van der Waals surface area contributed by atoms with Crippen LogP contribution in [0.25, 0.3) is 0 Å². The van der Waals surface area contributed by atoms with Gasteiger partial charge in [0.2, 0.25) is 11.8 Å². The van der Waals surface area contributed by atoms with Crippen LogP contribution < -0.4 is 0 Å². The van der Waals surface area contributed by atoms with E-state index in [2.05, 4.69) is 6.92 Å². The Bertz CT molecular complexity index is 857. The summed E-state index contributed by atoms with van der Waals surface area (Å²) in [6.45, 7) is 4.17. The van der Waals surface area contributed by atoms with Crippen molar-refractivity contribution in [2.75, 3.05) is 32.8 Å². The summed E-state index contributed by atoms with van der Waals surface area (Å²) in [6.07, 6.45) is 15.9. The number of hydrogen-bond donors (Lipinski definition) is 1. The first-order chi connectivity index (χ1) is 17.5. The maximum absolute atomic E-state index is 14.0. The lowest BCUT2D eigenvalue weighted by Crippen LogP contribution is -2.55. The summed E-state index contributed by atoms with van der Waals surface area (Å²) in [4.78, 5) is 44.8. The van der Waals surface area contributed by atoms with Crippen molar-refractivity contribution in [3.8, 4) is 0 Å². The first-order valence-electron chi connectivity index (χ1n) is 13.9. The molecule has 2 fully saturated rings. The van der Waals surface area contributed by atoms with Crippen LogP contribution in [-0.2, 0) is 23.9 Å². The summed E-state index contributed by atoms with van der Waals surface area (Å²) < 4.78 is 12.2. The van der Waals surface area contributed by atoms with Gasteiger partial charge in [-0.15, -0.1) is 0 Å². The number of rotatable bonds is 10. The lowest BCUT2D eigenvalue weighted by Gasteiger charge is -2.35. The van der Waals surface area contributed by atoms with Gasteiger partial charge < -0.3 is 24.4 Å². The van der Waals surface area contributed by atoms with E-state index < -0.39 is 35.6 Å². The van der Waals surface area contributed by atoms with E-state index in [-0.39, 0.29) is 18.4 Å². The third-order valence-electron chi connectivity index (χ3n) is 8.02. The second kappa shape index (κ2) is 12.4. The standard InChI is InChI=1S/C28H42N2O6/c1-2-3-9-16-29-17-13-15-28-23(22-21(36-28)14-8-4-7-12-20-35-27(22)34)25(32)30(24(28)26(29)33)18-10-5-6-11-19-31/h8,13-15,21-24,31H,2-7,9-12,16-20H2,1H3/b14-8-/t21-,22+,23+,24?,28+/m1/s1. The molecule has 5 atom stereocenters. The number of carbonyl (C=O) groups is 3. The Morgan fingerprint density at radius 3 is 2.61 bits per heavy atom. The van der Waals surface area contributed by atoms with Gasteiger partial charge in [0.1, 0.15) is 17.6 Å². The van der Waals surface area contributed by atoms with Gasteiger partial charge in [-0.1, -0.05) is 56.9 Å². The van der Waals surface area contributed by atoms with Gasteiger partial charge in [-0.25, -0.2) is 0 Å². The Morgan fingerprint density at radius 2 is 1.81 bits per heavy atom. The zero-order chi connectivity index (χ0) is 25.5. The summed E-state index contributed by atoms with van der Waals surface area (Å²) in [5, 5.41) is 9.09. The van der Waals surface area contributed by atoms with Crippen LogP contribution in [0.2, 0.25) is 0 Å². The molecule has 200 valence electrons. The number of cyclic esters (lactones) is 1. The first-order valence-corrected chi connectivity index (χ1v) is 13.9. The van der Waals surface area contributed by atoms with E-state index in [1.165, 1.54) is 0 Å². The molecule has 4 aliphatic heterocycles. The largest absolute Gasteiger partial charge is 0.465 e. The third kappa shape index (κ3) is 5.25. The maximum atomic E-state index is 14.0. The van der Waals surface area contributed by atoms with Gasteiger partial charge in [-0.05, 0) is 38.5 Å². The van der Waals surface area contributed by atoms with E-state index in [9.17, 15) is 14.4 Å². The lowest BCUT2D eigenvalue weighted by atomic mass is 9.78. The van der Waals surface area contributed by atoms with Crippen LogP contribution >= 0.6 is 0 Å². The summed E-state index contributed by atoms with van der Waals surface area (Å²) in [7, 11) is 0. The van der Waals surface area contributed by atoms with Crippen molar-refractivity contribution in [3.63, 3.8) is 0 Å². The highest BCUT2D eigenvalue weighted by Crippen LogP contribution is 2.53. The minimum absolute atomic E-state index is 0.0941. The Balaban J connectivity index is 1.67. The molecule has 4 rings (SSSR count). The van der Waals surface area contributed by atoms with Gasteiger partial charge in [0.15, 0.2) is 0 Å². The van der Waals surface area contributed by atoms with Crippen LogP contribution in [0.3, 0.4) is 0 Å². The van der Waals surface area contributed by atoms with Crippen LogP contribution in [0.5, 0.6) is 0 Å². The number of amides is 2. The number of aliphatic hydroxyl groups is 1. The fraction of sp³-hybridized carbons (Fsp3) is 0.750. The molecule has 2 amide bonds. The Morgan fingerprint density at radius 1 is 1.00 bits per heavy atom. The third-order valence-corrected chi connectivity index (χ3v) is 8.02. The van der Waals surface area contributed by atoms with Gasteiger partial charge in [0, 0.05) is 26.2 Å². The zero-order valence-electron chi connectivity index (χ0n) is 21.6. The zero-order valence-corrected chi connectivity index (χ0v) is 21.6. The van der Waals surface area contributed by atoms with E-state index >= 15 is 0 Å². The van der Waals surface area contributed by atoms with Crippen molar-refractivity contribution in [1.82, 2.24) is 9.80 Å². The monoisotopic (exact) mass is 502 g/mol. The average Bonchev–Trinajstić information content (AvgIpc) is 3.25. The fourth-order valence-corrected chi connectivity index (χ4v) is 6.20. The number of esters is 1. The number of unbranched alkanes of at least 4 members (excludes halogenated alkanes) is 5. The fourth-order valence-electron chi connectivity index (χ4n) is 6.20. The molecule has 0 saturated carbocycles. The van der Waals surface area contributed by atoms with E-state index in [1.807, 2.05) is 29.2 Å². The van der Waals surface area contributed by atoms with Crippen molar-refractivity contribution >= 4 is 17.8 Å². The second-order valence-electron chi connectivity index (χ2n) is 10.5. The van der Waals surface area contributed by atoms with Gasteiger partial charge in [-0.2, -0.15) is 0 Å². The van der Waals surface area contributed by atoms with Gasteiger partial charge in [-0.3, -0.25) is 14.4 Å². The quantitative estimate of drug-likeness (QED) is 0.280. The molecular weight excluding hydrogens is 460 g/mol. The predicted molar refractivity (Wildman–Crippen MR) is 135 cm³/mol. The van der Waals surface area contributed by atoms with E-state index in [0.717, 1.165) is 64.2 Å². The Hall–Kier alpha value is -2.19. The highest BCUT2D eigenvalue weighted by molar-refractivity contribution is 5.99. The van der Waals surface area contributed by atoms with Crippen molar-refractivity contribution in [1.29, 1.82) is 0 Å². The molecule has 8 heteroatoms. The molecule has 2 saturated heterocycles.